The number of carbonyl (C=O) groups excluding carboxylic acids is 1. The van der Waals surface area contributed by atoms with Crippen LogP contribution in [-0.4, -0.2) is 32.1 Å². The van der Waals surface area contributed by atoms with Gasteiger partial charge in [-0.15, -0.1) is 0 Å². The zero-order chi connectivity index (χ0) is 14.5. The number of hydrogen-bond donors (Lipinski definition) is 1. The molecule has 0 fully saturated rings. The highest BCUT2D eigenvalue weighted by atomic mass is 16.5. The van der Waals surface area contributed by atoms with Gasteiger partial charge in [-0.25, -0.2) is 0 Å². The quantitative estimate of drug-likeness (QED) is 0.802. The summed E-state index contributed by atoms with van der Waals surface area (Å²) in [5, 5.41) is 3.20. The summed E-state index contributed by atoms with van der Waals surface area (Å²) in [6, 6.07) is 5.47. The van der Waals surface area contributed by atoms with Crippen LogP contribution < -0.4 is 10.1 Å². The Labute approximate surface area is 115 Å². The minimum atomic E-state index is -0.0874. The molecule has 0 aliphatic rings. The zero-order valence-electron chi connectivity index (χ0n) is 12.4. The lowest BCUT2D eigenvalue weighted by atomic mass is 10.0. The Hall–Kier alpha value is -1.39. The van der Waals surface area contributed by atoms with E-state index in [4.69, 9.17) is 9.47 Å². The van der Waals surface area contributed by atoms with Gasteiger partial charge in [0.2, 0.25) is 0 Å². The lowest BCUT2D eigenvalue weighted by Gasteiger charge is -2.20. The third-order valence-corrected chi connectivity index (χ3v) is 2.72. The van der Waals surface area contributed by atoms with E-state index in [0.717, 1.165) is 5.56 Å². The van der Waals surface area contributed by atoms with E-state index in [0.29, 0.717) is 24.5 Å². The number of hydrogen-bond acceptors (Lipinski definition) is 4. The fourth-order valence-electron chi connectivity index (χ4n) is 1.75. The molecule has 0 unspecified atom stereocenters. The summed E-state index contributed by atoms with van der Waals surface area (Å²) in [5.74, 6) is 0.726. The average molecular weight is 265 g/mol. The fraction of sp³-hybridized carbons (Fsp3) is 0.533. The smallest absolute Gasteiger partial charge is 0.177 e. The monoisotopic (exact) mass is 265 g/mol. The molecule has 0 aromatic heterocycles. The Kier molecular flexibility index (Phi) is 5.51. The first-order valence-electron chi connectivity index (χ1n) is 6.32. The molecule has 4 nitrogen and oxygen atoms in total. The van der Waals surface area contributed by atoms with Crippen LogP contribution in [0.15, 0.2) is 18.2 Å². The number of carbonyl (C=O) groups is 1. The van der Waals surface area contributed by atoms with Gasteiger partial charge in [0.1, 0.15) is 5.75 Å². The molecule has 0 aliphatic heterocycles. The van der Waals surface area contributed by atoms with Crippen molar-refractivity contribution in [2.24, 2.45) is 0 Å². The van der Waals surface area contributed by atoms with Gasteiger partial charge in [0.05, 0.1) is 20.3 Å². The summed E-state index contributed by atoms with van der Waals surface area (Å²) in [7, 11) is 3.20. The second kappa shape index (κ2) is 6.68. The number of methoxy groups -OCH3 is 2. The minimum Gasteiger partial charge on any atom is -0.496 e. The van der Waals surface area contributed by atoms with E-state index < -0.39 is 0 Å². The first-order chi connectivity index (χ1) is 8.89. The zero-order valence-corrected chi connectivity index (χ0v) is 12.4. The number of Topliss-reactive ketones (excluding diaryl/α,β-unsaturated/α-hetero) is 1. The van der Waals surface area contributed by atoms with E-state index in [1.165, 1.54) is 0 Å². The minimum absolute atomic E-state index is 0.0425. The third kappa shape index (κ3) is 4.65. The molecule has 4 heteroatoms. The largest absolute Gasteiger partial charge is 0.496 e. The summed E-state index contributed by atoms with van der Waals surface area (Å²) in [4.78, 5) is 12.3. The predicted octanol–water partition coefficient (Wildman–Crippen LogP) is 2.41. The van der Waals surface area contributed by atoms with Crippen LogP contribution in [0.25, 0.3) is 0 Å². The number of rotatable bonds is 6. The van der Waals surface area contributed by atoms with Gasteiger partial charge in [-0.1, -0.05) is 12.1 Å². The lowest BCUT2D eigenvalue weighted by molar-refractivity contribution is 0.0976. The van der Waals surface area contributed by atoms with Crippen molar-refractivity contribution in [2.75, 3.05) is 20.8 Å². The molecule has 1 N–H and O–H groups in total. The second-order valence-electron chi connectivity index (χ2n) is 5.45. The summed E-state index contributed by atoms with van der Waals surface area (Å²) in [5.41, 5.74) is 1.36. The van der Waals surface area contributed by atoms with Crippen molar-refractivity contribution in [3.63, 3.8) is 0 Å². The first kappa shape index (κ1) is 15.7. The standard InChI is InChI=1S/C15H23NO3/c1-15(2,3)16-9-13(17)11-7-6-8-14(19-5)12(11)10-18-4/h6-8,16H,9-10H2,1-5H3. The van der Waals surface area contributed by atoms with Crippen molar-refractivity contribution in [3.8, 4) is 5.75 Å². The van der Waals surface area contributed by atoms with Crippen LogP contribution in [0.1, 0.15) is 36.7 Å². The predicted molar refractivity (Wildman–Crippen MR) is 75.8 cm³/mol. The Bertz CT molecular complexity index is 436. The number of ether oxygens (including phenoxy) is 2. The van der Waals surface area contributed by atoms with Crippen molar-refractivity contribution in [1.29, 1.82) is 0 Å². The van der Waals surface area contributed by atoms with Crippen molar-refractivity contribution in [2.45, 2.75) is 32.9 Å². The van der Waals surface area contributed by atoms with E-state index in [9.17, 15) is 4.79 Å². The van der Waals surface area contributed by atoms with E-state index in [1.807, 2.05) is 39.0 Å². The van der Waals surface area contributed by atoms with Gasteiger partial charge < -0.3 is 14.8 Å². The molecule has 0 radical (unpaired) electrons. The third-order valence-electron chi connectivity index (χ3n) is 2.72. The van der Waals surface area contributed by atoms with Crippen molar-refractivity contribution in [1.82, 2.24) is 5.32 Å². The highest BCUT2D eigenvalue weighted by Crippen LogP contribution is 2.23. The molecule has 0 amide bonds. The van der Waals surface area contributed by atoms with Gasteiger partial charge in [0.25, 0.3) is 0 Å². The number of benzene rings is 1. The van der Waals surface area contributed by atoms with Gasteiger partial charge in [-0.3, -0.25) is 4.79 Å². The van der Waals surface area contributed by atoms with E-state index in [1.54, 1.807) is 14.2 Å². The van der Waals surface area contributed by atoms with E-state index in [-0.39, 0.29) is 11.3 Å². The highest BCUT2D eigenvalue weighted by molar-refractivity contribution is 5.99. The van der Waals surface area contributed by atoms with Crippen LogP contribution in [0.5, 0.6) is 5.75 Å². The number of nitrogens with one attached hydrogen (secondary N) is 1. The molecule has 19 heavy (non-hydrogen) atoms. The molecular formula is C15H23NO3. The van der Waals surface area contributed by atoms with Crippen LogP contribution in [0.3, 0.4) is 0 Å². The van der Waals surface area contributed by atoms with Crippen molar-refractivity contribution < 1.29 is 14.3 Å². The molecule has 0 aliphatic carbocycles. The van der Waals surface area contributed by atoms with Crippen LogP contribution in [0, 0.1) is 0 Å². The maximum absolute atomic E-state index is 12.3. The molecule has 0 bridgehead atoms. The Morgan fingerprint density at radius 3 is 2.47 bits per heavy atom. The SMILES string of the molecule is COCc1c(OC)cccc1C(=O)CNC(C)(C)C. The molecule has 0 heterocycles. The van der Waals surface area contributed by atoms with Gasteiger partial charge in [0.15, 0.2) is 5.78 Å². The van der Waals surface area contributed by atoms with Gasteiger partial charge in [0, 0.05) is 23.8 Å². The van der Waals surface area contributed by atoms with E-state index in [2.05, 4.69) is 5.32 Å². The van der Waals surface area contributed by atoms with Crippen LogP contribution >= 0.6 is 0 Å². The Morgan fingerprint density at radius 2 is 1.95 bits per heavy atom. The van der Waals surface area contributed by atoms with Gasteiger partial charge in [-0.2, -0.15) is 0 Å². The summed E-state index contributed by atoms with van der Waals surface area (Å²) < 4.78 is 10.4. The van der Waals surface area contributed by atoms with Crippen molar-refractivity contribution >= 4 is 5.78 Å². The molecule has 0 atom stereocenters. The van der Waals surface area contributed by atoms with Crippen LogP contribution in [0.2, 0.25) is 0 Å². The topological polar surface area (TPSA) is 47.6 Å². The molecule has 0 spiro atoms. The Morgan fingerprint density at radius 1 is 1.26 bits per heavy atom. The summed E-state index contributed by atoms with van der Waals surface area (Å²) >= 11 is 0. The molecule has 1 aromatic rings. The lowest BCUT2D eigenvalue weighted by Crippen LogP contribution is -2.39. The molecule has 1 rings (SSSR count). The van der Waals surface area contributed by atoms with Crippen LogP contribution in [0.4, 0.5) is 0 Å². The average Bonchev–Trinajstić information content (AvgIpc) is 2.35. The summed E-state index contributed by atoms with van der Waals surface area (Å²) in [6.07, 6.45) is 0. The normalized spacial score (nSPS) is 11.4. The van der Waals surface area contributed by atoms with Crippen LogP contribution in [-0.2, 0) is 11.3 Å². The van der Waals surface area contributed by atoms with Crippen molar-refractivity contribution in [3.05, 3.63) is 29.3 Å². The molecule has 1 aromatic carbocycles. The maximum atomic E-state index is 12.3. The number of ketones is 1. The molecule has 0 saturated carbocycles. The first-order valence-corrected chi connectivity index (χ1v) is 6.32. The fourth-order valence-corrected chi connectivity index (χ4v) is 1.75. The van der Waals surface area contributed by atoms with E-state index >= 15 is 0 Å². The summed E-state index contributed by atoms with van der Waals surface area (Å²) in [6.45, 7) is 6.75. The molecular weight excluding hydrogens is 242 g/mol. The Balaban J connectivity index is 2.95. The molecule has 0 saturated heterocycles. The highest BCUT2D eigenvalue weighted by Gasteiger charge is 2.17. The van der Waals surface area contributed by atoms with Gasteiger partial charge >= 0.3 is 0 Å². The maximum Gasteiger partial charge on any atom is 0.177 e. The van der Waals surface area contributed by atoms with Gasteiger partial charge in [-0.05, 0) is 26.8 Å². The molecule has 106 valence electrons. The second-order valence-corrected chi connectivity index (χ2v) is 5.45.